The van der Waals surface area contributed by atoms with E-state index in [4.69, 9.17) is 10.7 Å². The molecule has 0 saturated carbocycles. The molecule has 1 heterocycles. The molecule has 2 aromatic rings. The average Bonchev–Trinajstić information content (AvgIpc) is 2.73. The number of hydrogen-bond donors (Lipinski definition) is 0. The lowest BCUT2D eigenvalue weighted by Crippen LogP contribution is -2.06. The Hall–Kier alpha value is -1.33. The van der Waals surface area contributed by atoms with Crippen LogP contribution in [0.1, 0.15) is 18.2 Å². The maximum Gasteiger partial charge on any atom is 0.280 e. The van der Waals surface area contributed by atoms with Crippen LogP contribution in [-0.4, -0.2) is 18.2 Å². The largest absolute Gasteiger partial charge is 0.280 e. The lowest BCUT2D eigenvalue weighted by molar-refractivity contribution is 0.593. The molecule has 1 aromatic carbocycles. The molecule has 1 aromatic heterocycles. The number of benzene rings is 1. The van der Waals surface area contributed by atoms with Crippen LogP contribution in [0.15, 0.2) is 41.4 Å². The van der Waals surface area contributed by atoms with Crippen molar-refractivity contribution in [3.8, 4) is 0 Å². The highest BCUT2D eigenvalue weighted by atomic mass is 35.7. The van der Waals surface area contributed by atoms with Crippen molar-refractivity contribution >= 4 is 19.7 Å². The van der Waals surface area contributed by atoms with Gasteiger partial charge in [-0.05, 0) is 18.1 Å². The first-order chi connectivity index (χ1) is 8.50. The van der Waals surface area contributed by atoms with Gasteiger partial charge in [0.05, 0.1) is 6.54 Å². The maximum atomic E-state index is 11.3. The standard InChI is InChI=1S/C12H13ClN2O2S/c1-2-11-8-12(18(13,16)17)14-15(11)9-10-6-4-3-5-7-10/h3-8H,2,9H2,1H3. The SMILES string of the molecule is CCc1cc(S(=O)(=O)Cl)nn1Cc1ccccc1. The zero-order chi connectivity index (χ0) is 13.2. The summed E-state index contributed by atoms with van der Waals surface area (Å²) in [5.74, 6) is 0. The molecule has 0 amide bonds. The summed E-state index contributed by atoms with van der Waals surface area (Å²) < 4.78 is 24.2. The molecule has 0 aliphatic rings. The predicted octanol–water partition coefficient (Wildman–Crippen LogP) is 2.42. The van der Waals surface area contributed by atoms with Crippen molar-refractivity contribution in [2.45, 2.75) is 24.9 Å². The van der Waals surface area contributed by atoms with Crippen LogP contribution in [0.25, 0.3) is 0 Å². The van der Waals surface area contributed by atoms with Crippen LogP contribution in [0.4, 0.5) is 0 Å². The fourth-order valence-electron chi connectivity index (χ4n) is 1.73. The molecule has 0 aliphatic heterocycles. The third kappa shape index (κ3) is 2.91. The molecule has 0 fully saturated rings. The Morgan fingerprint density at radius 3 is 2.50 bits per heavy atom. The molecule has 0 atom stereocenters. The second-order valence-corrected chi connectivity index (χ2v) is 6.42. The lowest BCUT2D eigenvalue weighted by Gasteiger charge is -2.05. The second-order valence-electron chi connectivity index (χ2n) is 3.91. The average molecular weight is 285 g/mol. The number of aryl methyl sites for hydroxylation is 1. The first kappa shape index (κ1) is 13.1. The van der Waals surface area contributed by atoms with Crippen molar-refractivity contribution in [2.24, 2.45) is 0 Å². The van der Waals surface area contributed by atoms with Gasteiger partial charge in [-0.1, -0.05) is 37.3 Å². The van der Waals surface area contributed by atoms with Crippen LogP contribution in [0.2, 0.25) is 0 Å². The summed E-state index contributed by atoms with van der Waals surface area (Å²) in [5.41, 5.74) is 1.91. The predicted molar refractivity (Wildman–Crippen MR) is 70.2 cm³/mol. The topological polar surface area (TPSA) is 52.0 Å². The molecule has 0 N–H and O–H groups in total. The van der Waals surface area contributed by atoms with Crippen molar-refractivity contribution < 1.29 is 8.42 Å². The molecule has 4 nitrogen and oxygen atoms in total. The molecule has 0 saturated heterocycles. The van der Waals surface area contributed by atoms with Crippen LogP contribution >= 0.6 is 10.7 Å². The van der Waals surface area contributed by atoms with Crippen LogP contribution in [0, 0.1) is 0 Å². The van der Waals surface area contributed by atoms with Gasteiger partial charge in [0.1, 0.15) is 0 Å². The smallest absolute Gasteiger partial charge is 0.264 e. The van der Waals surface area contributed by atoms with Crippen molar-refractivity contribution in [3.05, 3.63) is 47.7 Å². The molecule has 6 heteroatoms. The van der Waals surface area contributed by atoms with Gasteiger partial charge in [-0.2, -0.15) is 5.10 Å². The lowest BCUT2D eigenvalue weighted by atomic mass is 10.2. The summed E-state index contributed by atoms with van der Waals surface area (Å²) >= 11 is 0. The Balaban J connectivity index is 2.36. The quantitative estimate of drug-likeness (QED) is 0.810. The van der Waals surface area contributed by atoms with Crippen molar-refractivity contribution in [2.75, 3.05) is 0 Å². The van der Waals surface area contributed by atoms with E-state index in [0.717, 1.165) is 11.3 Å². The molecule has 18 heavy (non-hydrogen) atoms. The Morgan fingerprint density at radius 1 is 1.28 bits per heavy atom. The maximum absolute atomic E-state index is 11.3. The van der Waals surface area contributed by atoms with Gasteiger partial charge in [0, 0.05) is 16.4 Å². The molecule has 96 valence electrons. The summed E-state index contributed by atoms with van der Waals surface area (Å²) in [4.78, 5) is 0. The van der Waals surface area contributed by atoms with Gasteiger partial charge in [0.15, 0.2) is 5.03 Å². The van der Waals surface area contributed by atoms with E-state index in [1.807, 2.05) is 37.3 Å². The number of halogens is 1. The van der Waals surface area contributed by atoms with Gasteiger partial charge >= 0.3 is 0 Å². The van der Waals surface area contributed by atoms with Gasteiger partial charge in [-0.3, -0.25) is 4.68 Å². The van der Waals surface area contributed by atoms with E-state index in [1.165, 1.54) is 6.07 Å². The van der Waals surface area contributed by atoms with E-state index >= 15 is 0 Å². The van der Waals surface area contributed by atoms with E-state index in [1.54, 1.807) is 4.68 Å². The highest BCUT2D eigenvalue weighted by Gasteiger charge is 2.17. The second kappa shape index (κ2) is 5.12. The number of hydrogen-bond acceptors (Lipinski definition) is 3. The Labute approximate surface area is 111 Å². The molecule has 0 unspecified atom stereocenters. The fraction of sp³-hybridized carbons (Fsp3) is 0.250. The molecule has 0 radical (unpaired) electrons. The number of nitrogens with zero attached hydrogens (tertiary/aromatic N) is 2. The normalized spacial score (nSPS) is 11.7. The Morgan fingerprint density at radius 2 is 1.94 bits per heavy atom. The molecular weight excluding hydrogens is 272 g/mol. The highest BCUT2D eigenvalue weighted by Crippen LogP contribution is 2.16. The Bertz CT molecular complexity index is 635. The van der Waals surface area contributed by atoms with E-state index in [0.29, 0.717) is 13.0 Å². The van der Waals surface area contributed by atoms with E-state index in [9.17, 15) is 8.42 Å². The van der Waals surface area contributed by atoms with Crippen molar-refractivity contribution in [3.63, 3.8) is 0 Å². The Kier molecular flexibility index (Phi) is 3.73. The summed E-state index contributed by atoms with van der Waals surface area (Å²) in [7, 11) is 1.53. The van der Waals surface area contributed by atoms with Crippen LogP contribution in [0.5, 0.6) is 0 Å². The minimum absolute atomic E-state index is 0.0862. The monoisotopic (exact) mass is 284 g/mol. The third-order valence-corrected chi connectivity index (χ3v) is 3.80. The molecule has 0 aliphatic carbocycles. The molecule has 0 bridgehead atoms. The van der Waals surface area contributed by atoms with Crippen molar-refractivity contribution in [1.82, 2.24) is 9.78 Å². The zero-order valence-corrected chi connectivity index (χ0v) is 11.4. The van der Waals surface area contributed by atoms with E-state index in [2.05, 4.69) is 5.10 Å². The summed E-state index contributed by atoms with van der Waals surface area (Å²) in [6, 6.07) is 11.3. The minimum Gasteiger partial charge on any atom is -0.264 e. The fourth-order valence-corrected chi connectivity index (χ4v) is 2.43. The van der Waals surface area contributed by atoms with Crippen LogP contribution in [-0.2, 0) is 22.0 Å². The van der Waals surface area contributed by atoms with Crippen LogP contribution < -0.4 is 0 Å². The van der Waals surface area contributed by atoms with Gasteiger partial charge in [-0.25, -0.2) is 8.42 Å². The van der Waals surface area contributed by atoms with E-state index in [-0.39, 0.29) is 5.03 Å². The molecule has 2 rings (SSSR count). The zero-order valence-electron chi connectivity index (χ0n) is 9.88. The third-order valence-electron chi connectivity index (χ3n) is 2.63. The first-order valence-electron chi connectivity index (χ1n) is 5.56. The van der Waals surface area contributed by atoms with Gasteiger partial charge in [0.25, 0.3) is 9.05 Å². The molecule has 0 spiro atoms. The van der Waals surface area contributed by atoms with Crippen molar-refractivity contribution in [1.29, 1.82) is 0 Å². The van der Waals surface area contributed by atoms with Gasteiger partial charge in [0.2, 0.25) is 0 Å². The number of aromatic nitrogens is 2. The minimum atomic E-state index is -3.77. The first-order valence-corrected chi connectivity index (χ1v) is 7.87. The van der Waals surface area contributed by atoms with Gasteiger partial charge < -0.3 is 0 Å². The molecular formula is C12H13ClN2O2S. The summed E-state index contributed by atoms with van der Waals surface area (Å²) in [6.07, 6.45) is 0.701. The summed E-state index contributed by atoms with van der Waals surface area (Å²) in [6.45, 7) is 2.49. The number of rotatable bonds is 4. The highest BCUT2D eigenvalue weighted by molar-refractivity contribution is 8.13. The van der Waals surface area contributed by atoms with Gasteiger partial charge in [-0.15, -0.1) is 0 Å². The summed E-state index contributed by atoms with van der Waals surface area (Å²) in [5, 5.41) is 3.96. The van der Waals surface area contributed by atoms with Crippen LogP contribution in [0.3, 0.4) is 0 Å². The van der Waals surface area contributed by atoms with E-state index < -0.39 is 9.05 Å².